The van der Waals surface area contributed by atoms with Crippen LogP contribution in [0.1, 0.15) is 5.69 Å². The summed E-state index contributed by atoms with van der Waals surface area (Å²) in [4.78, 5) is 10.3. The number of H-pyrrole nitrogens is 2. The van der Waals surface area contributed by atoms with E-state index >= 15 is 0 Å². The number of morpholine rings is 1. The Kier molecular flexibility index (Phi) is 4.00. The monoisotopic (exact) mass is 382 g/mol. The second kappa shape index (κ2) is 6.53. The molecule has 0 aliphatic carbocycles. The smallest absolute Gasteiger partial charge is 0.153 e. The van der Waals surface area contributed by atoms with E-state index in [1.54, 1.807) is 0 Å². The Morgan fingerprint density at radius 2 is 2.04 bits per heavy atom. The summed E-state index contributed by atoms with van der Waals surface area (Å²) in [6, 6.07) is 8.13. The van der Waals surface area contributed by atoms with Gasteiger partial charge in [-0.25, -0.2) is 4.98 Å². The van der Waals surface area contributed by atoms with Crippen molar-refractivity contribution in [3.8, 4) is 11.1 Å². The van der Waals surface area contributed by atoms with Gasteiger partial charge in [-0.15, -0.1) is 0 Å². The number of nitrogens with one attached hydrogen (secondary N) is 2. The van der Waals surface area contributed by atoms with Crippen LogP contribution in [-0.2, 0) is 11.3 Å². The molecule has 0 radical (unpaired) electrons. The van der Waals surface area contributed by atoms with Crippen LogP contribution in [0, 0.1) is 0 Å². The molecule has 1 aromatic carbocycles. The molecule has 1 saturated heterocycles. The molecule has 8 heteroatoms. The van der Waals surface area contributed by atoms with Gasteiger partial charge < -0.3 is 15.5 Å². The van der Waals surface area contributed by atoms with Crippen LogP contribution in [0.15, 0.2) is 30.5 Å². The predicted octanol–water partition coefficient (Wildman–Crippen LogP) is 3.17. The maximum absolute atomic E-state index is 6.44. The lowest BCUT2D eigenvalue weighted by molar-refractivity contribution is 0.0337. The van der Waals surface area contributed by atoms with Crippen molar-refractivity contribution in [3.05, 3.63) is 41.2 Å². The first kappa shape index (κ1) is 16.6. The Morgan fingerprint density at radius 1 is 1.19 bits per heavy atom. The van der Waals surface area contributed by atoms with Crippen LogP contribution in [0.3, 0.4) is 0 Å². The molecule has 0 bridgehead atoms. The minimum absolute atomic E-state index is 0.445. The maximum atomic E-state index is 6.44. The van der Waals surface area contributed by atoms with Gasteiger partial charge in [0.05, 0.1) is 23.8 Å². The van der Waals surface area contributed by atoms with Crippen LogP contribution >= 0.6 is 11.6 Å². The van der Waals surface area contributed by atoms with E-state index in [-0.39, 0.29) is 0 Å². The van der Waals surface area contributed by atoms with Crippen molar-refractivity contribution in [1.82, 2.24) is 25.1 Å². The van der Waals surface area contributed by atoms with Crippen LogP contribution < -0.4 is 5.73 Å². The molecule has 3 aromatic heterocycles. The van der Waals surface area contributed by atoms with E-state index in [9.17, 15) is 0 Å². The Balaban J connectivity index is 1.58. The van der Waals surface area contributed by atoms with E-state index in [1.165, 1.54) is 0 Å². The SMILES string of the molecule is Nc1n[nH]c2c(Cl)cc(-c3ccnc4[nH]c(CN5CCOCC5)cc34)cc12. The molecule has 4 N–H and O–H groups in total. The first-order valence-electron chi connectivity index (χ1n) is 8.89. The number of nitrogen functional groups attached to an aromatic ring is 1. The molecule has 138 valence electrons. The highest BCUT2D eigenvalue weighted by atomic mass is 35.5. The lowest BCUT2D eigenvalue weighted by atomic mass is 10.0. The fraction of sp³-hybridized carbons (Fsp3) is 0.263. The molecule has 0 amide bonds. The van der Waals surface area contributed by atoms with Crippen molar-refractivity contribution in [2.45, 2.75) is 6.54 Å². The van der Waals surface area contributed by atoms with E-state index in [2.05, 4.69) is 31.1 Å². The summed E-state index contributed by atoms with van der Waals surface area (Å²) in [6.45, 7) is 4.32. The third-order valence-electron chi connectivity index (χ3n) is 5.05. The average molecular weight is 383 g/mol. The number of anilines is 1. The molecule has 0 spiro atoms. The number of aromatic amines is 2. The highest BCUT2D eigenvalue weighted by Crippen LogP contribution is 2.35. The lowest BCUT2D eigenvalue weighted by Gasteiger charge is -2.25. The predicted molar refractivity (Wildman–Crippen MR) is 107 cm³/mol. The van der Waals surface area contributed by atoms with Gasteiger partial charge in [-0.3, -0.25) is 10.00 Å². The Labute approximate surface area is 160 Å². The molecule has 4 aromatic rings. The lowest BCUT2D eigenvalue weighted by Crippen LogP contribution is -2.35. The molecule has 5 rings (SSSR count). The van der Waals surface area contributed by atoms with Gasteiger partial charge in [0.1, 0.15) is 5.65 Å². The number of fused-ring (bicyclic) bond motifs is 2. The number of hydrogen-bond donors (Lipinski definition) is 3. The van der Waals surface area contributed by atoms with E-state index in [0.29, 0.717) is 10.8 Å². The van der Waals surface area contributed by atoms with Crippen molar-refractivity contribution < 1.29 is 4.74 Å². The van der Waals surface area contributed by atoms with Crippen molar-refractivity contribution in [3.63, 3.8) is 0 Å². The van der Waals surface area contributed by atoms with E-state index in [1.807, 2.05) is 24.4 Å². The molecular weight excluding hydrogens is 364 g/mol. The summed E-state index contributed by atoms with van der Waals surface area (Å²) in [7, 11) is 0. The van der Waals surface area contributed by atoms with Crippen molar-refractivity contribution in [2.24, 2.45) is 0 Å². The molecule has 1 aliphatic rings. The first-order valence-corrected chi connectivity index (χ1v) is 9.27. The van der Waals surface area contributed by atoms with Crippen LogP contribution in [0.25, 0.3) is 33.1 Å². The number of halogens is 1. The number of nitrogens with two attached hydrogens (primary N) is 1. The fourth-order valence-corrected chi connectivity index (χ4v) is 3.93. The molecular formula is C19H19ClN6O. The normalized spacial score (nSPS) is 15.7. The number of nitrogens with zero attached hydrogens (tertiary/aromatic N) is 3. The Hall–Kier alpha value is -2.61. The zero-order valence-electron chi connectivity index (χ0n) is 14.6. The molecule has 0 saturated carbocycles. The third-order valence-corrected chi connectivity index (χ3v) is 5.35. The van der Waals surface area contributed by atoms with Gasteiger partial charge in [-0.05, 0) is 35.4 Å². The number of benzene rings is 1. The average Bonchev–Trinajstić information content (AvgIpc) is 3.26. The van der Waals surface area contributed by atoms with E-state index in [0.717, 1.165) is 71.6 Å². The molecule has 1 aliphatic heterocycles. The molecule has 4 heterocycles. The minimum Gasteiger partial charge on any atom is -0.382 e. The van der Waals surface area contributed by atoms with Gasteiger partial charge in [0.25, 0.3) is 0 Å². The summed E-state index contributed by atoms with van der Waals surface area (Å²) >= 11 is 6.44. The summed E-state index contributed by atoms with van der Waals surface area (Å²) in [6.07, 6.45) is 1.81. The van der Waals surface area contributed by atoms with E-state index < -0.39 is 0 Å². The molecule has 1 fully saturated rings. The number of rotatable bonds is 3. The summed E-state index contributed by atoms with van der Waals surface area (Å²) in [5, 5.41) is 9.43. The van der Waals surface area contributed by atoms with Crippen molar-refractivity contribution >= 4 is 39.4 Å². The van der Waals surface area contributed by atoms with Crippen LogP contribution in [0.4, 0.5) is 5.82 Å². The van der Waals surface area contributed by atoms with Gasteiger partial charge >= 0.3 is 0 Å². The van der Waals surface area contributed by atoms with Gasteiger partial charge in [-0.1, -0.05) is 11.6 Å². The van der Waals surface area contributed by atoms with Crippen molar-refractivity contribution in [1.29, 1.82) is 0 Å². The molecule has 0 unspecified atom stereocenters. The fourth-order valence-electron chi connectivity index (χ4n) is 3.67. The Morgan fingerprint density at radius 3 is 2.89 bits per heavy atom. The minimum atomic E-state index is 0.445. The molecule has 0 atom stereocenters. The quantitative estimate of drug-likeness (QED) is 0.505. The highest BCUT2D eigenvalue weighted by molar-refractivity contribution is 6.35. The summed E-state index contributed by atoms with van der Waals surface area (Å²) in [5.74, 6) is 0.445. The third kappa shape index (κ3) is 2.93. The van der Waals surface area contributed by atoms with Gasteiger partial charge in [0, 0.05) is 42.3 Å². The maximum Gasteiger partial charge on any atom is 0.153 e. The Bertz CT molecular complexity index is 1130. The molecule has 7 nitrogen and oxygen atoms in total. The van der Waals surface area contributed by atoms with Gasteiger partial charge in [0.15, 0.2) is 5.82 Å². The second-order valence-corrected chi connectivity index (χ2v) is 7.20. The van der Waals surface area contributed by atoms with Crippen molar-refractivity contribution in [2.75, 3.05) is 32.0 Å². The van der Waals surface area contributed by atoms with Crippen LogP contribution in [0.2, 0.25) is 5.02 Å². The zero-order chi connectivity index (χ0) is 18.4. The number of hydrogen-bond acceptors (Lipinski definition) is 5. The molecule has 27 heavy (non-hydrogen) atoms. The summed E-state index contributed by atoms with van der Waals surface area (Å²) < 4.78 is 5.43. The van der Waals surface area contributed by atoms with Crippen LogP contribution in [-0.4, -0.2) is 51.4 Å². The van der Waals surface area contributed by atoms with Crippen LogP contribution in [0.5, 0.6) is 0 Å². The number of ether oxygens (including phenoxy) is 1. The second-order valence-electron chi connectivity index (χ2n) is 6.79. The number of pyridine rings is 1. The first-order chi connectivity index (χ1) is 13.2. The van der Waals surface area contributed by atoms with Gasteiger partial charge in [-0.2, -0.15) is 5.10 Å². The largest absolute Gasteiger partial charge is 0.382 e. The topological polar surface area (TPSA) is 95.8 Å². The zero-order valence-corrected chi connectivity index (χ0v) is 15.4. The standard InChI is InChI=1S/C19H19ClN6O/c20-16-8-11(7-15-17(16)24-25-18(15)21)13-1-2-22-19-14(13)9-12(23-19)10-26-3-5-27-6-4-26/h1-2,7-9H,3-6,10H2,(H,22,23)(H3,21,24,25). The number of aromatic nitrogens is 4. The summed E-state index contributed by atoms with van der Waals surface area (Å²) in [5.41, 5.74) is 10.8. The highest BCUT2D eigenvalue weighted by Gasteiger charge is 2.15. The van der Waals surface area contributed by atoms with Gasteiger partial charge in [0.2, 0.25) is 0 Å². The van der Waals surface area contributed by atoms with E-state index in [4.69, 9.17) is 22.1 Å².